The summed E-state index contributed by atoms with van der Waals surface area (Å²) < 4.78 is 28.0. The van der Waals surface area contributed by atoms with Crippen LogP contribution in [0.25, 0.3) is 0 Å². The molecule has 5 heteroatoms. The minimum atomic E-state index is -3.43. The molecular formula is C15H24N2O2S. The molecule has 0 aromatic heterocycles. The first-order chi connectivity index (χ1) is 9.42. The lowest BCUT2D eigenvalue weighted by molar-refractivity contribution is 0.214. The zero-order valence-corrected chi connectivity index (χ0v) is 13.3. The van der Waals surface area contributed by atoms with E-state index in [0.29, 0.717) is 11.4 Å². The van der Waals surface area contributed by atoms with Crippen molar-refractivity contribution in [2.24, 2.45) is 0 Å². The molecule has 1 fully saturated rings. The van der Waals surface area contributed by atoms with Gasteiger partial charge in [-0.2, -0.15) is 0 Å². The molecule has 0 heterocycles. The van der Waals surface area contributed by atoms with Crippen LogP contribution in [0.1, 0.15) is 43.7 Å². The maximum absolute atomic E-state index is 12.5. The summed E-state index contributed by atoms with van der Waals surface area (Å²) in [5.41, 5.74) is 1.91. The maximum Gasteiger partial charge on any atom is 0.241 e. The van der Waals surface area contributed by atoms with Crippen LogP contribution in [0.2, 0.25) is 0 Å². The minimum absolute atomic E-state index is 0.215. The summed E-state index contributed by atoms with van der Waals surface area (Å²) in [6.07, 6.45) is 3.84. The van der Waals surface area contributed by atoms with Gasteiger partial charge in [-0.1, -0.05) is 13.0 Å². The first-order valence-corrected chi connectivity index (χ1v) is 8.69. The van der Waals surface area contributed by atoms with Gasteiger partial charge in [0.1, 0.15) is 0 Å². The Kier molecular flexibility index (Phi) is 4.52. The quantitative estimate of drug-likeness (QED) is 0.847. The molecule has 2 rings (SSSR count). The third-order valence-corrected chi connectivity index (χ3v) is 5.91. The molecule has 0 unspecified atom stereocenters. The SMILES string of the molecule is CCC1(NS(=O)(=O)c2ccc(C)c(CNC)c2)CCC1. The van der Waals surface area contributed by atoms with E-state index in [-0.39, 0.29) is 5.54 Å². The van der Waals surface area contributed by atoms with E-state index in [4.69, 9.17) is 0 Å². The number of sulfonamides is 1. The zero-order chi connectivity index (χ0) is 14.8. The molecule has 0 radical (unpaired) electrons. The monoisotopic (exact) mass is 296 g/mol. The number of rotatable bonds is 6. The summed E-state index contributed by atoms with van der Waals surface area (Å²) in [5, 5.41) is 3.07. The van der Waals surface area contributed by atoms with E-state index in [9.17, 15) is 8.42 Å². The van der Waals surface area contributed by atoms with Gasteiger partial charge in [0, 0.05) is 12.1 Å². The molecule has 0 amide bonds. The standard InChI is InChI=1S/C15H24N2O2S/c1-4-15(8-5-9-15)17-20(18,19)14-7-6-12(2)13(10-14)11-16-3/h6-7,10,16-17H,4-5,8-9,11H2,1-3H3. The number of benzene rings is 1. The fourth-order valence-electron chi connectivity index (χ4n) is 2.67. The Bertz CT molecular complexity index is 572. The second kappa shape index (κ2) is 5.84. The van der Waals surface area contributed by atoms with Gasteiger partial charge in [0.15, 0.2) is 0 Å². The molecule has 1 aliphatic rings. The normalized spacial score (nSPS) is 17.8. The van der Waals surface area contributed by atoms with E-state index < -0.39 is 10.0 Å². The van der Waals surface area contributed by atoms with Crippen LogP contribution in [-0.2, 0) is 16.6 Å². The highest BCUT2D eigenvalue weighted by Gasteiger charge is 2.39. The van der Waals surface area contributed by atoms with Crippen molar-refractivity contribution in [1.29, 1.82) is 0 Å². The van der Waals surface area contributed by atoms with Crippen molar-refractivity contribution in [3.8, 4) is 0 Å². The summed E-state index contributed by atoms with van der Waals surface area (Å²) in [6.45, 7) is 4.72. The minimum Gasteiger partial charge on any atom is -0.316 e. The van der Waals surface area contributed by atoms with Crippen LogP contribution in [-0.4, -0.2) is 21.0 Å². The van der Waals surface area contributed by atoms with Crippen molar-refractivity contribution in [3.63, 3.8) is 0 Å². The Morgan fingerprint density at radius 1 is 1.30 bits per heavy atom. The highest BCUT2D eigenvalue weighted by Crippen LogP contribution is 2.36. The van der Waals surface area contributed by atoms with Crippen molar-refractivity contribution in [2.45, 2.75) is 56.5 Å². The molecular weight excluding hydrogens is 272 g/mol. The summed E-state index contributed by atoms with van der Waals surface area (Å²) in [5.74, 6) is 0. The second-order valence-electron chi connectivity index (χ2n) is 5.71. The Hall–Kier alpha value is -0.910. The van der Waals surface area contributed by atoms with E-state index in [1.807, 2.05) is 27.0 Å². The molecule has 0 atom stereocenters. The molecule has 1 aliphatic carbocycles. The van der Waals surface area contributed by atoms with Crippen LogP contribution in [0, 0.1) is 6.92 Å². The van der Waals surface area contributed by atoms with Gasteiger partial charge in [0.25, 0.3) is 0 Å². The second-order valence-corrected chi connectivity index (χ2v) is 7.39. The third kappa shape index (κ3) is 3.05. The highest BCUT2D eigenvalue weighted by molar-refractivity contribution is 7.89. The molecule has 112 valence electrons. The van der Waals surface area contributed by atoms with Gasteiger partial charge < -0.3 is 5.32 Å². The van der Waals surface area contributed by atoms with Crippen molar-refractivity contribution in [3.05, 3.63) is 29.3 Å². The van der Waals surface area contributed by atoms with Gasteiger partial charge >= 0.3 is 0 Å². The van der Waals surface area contributed by atoms with Crippen LogP contribution in [0.15, 0.2) is 23.1 Å². The van der Waals surface area contributed by atoms with Crippen LogP contribution in [0.3, 0.4) is 0 Å². The summed E-state index contributed by atoms with van der Waals surface area (Å²) >= 11 is 0. The fourth-order valence-corrected chi connectivity index (χ4v) is 4.25. The Morgan fingerprint density at radius 3 is 2.50 bits per heavy atom. The smallest absolute Gasteiger partial charge is 0.241 e. The number of nitrogens with one attached hydrogen (secondary N) is 2. The number of aryl methyl sites for hydroxylation is 1. The first kappa shape index (κ1) is 15.5. The molecule has 0 spiro atoms. The van der Waals surface area contributed by atoms with Crippen molar-refractivity contribution < 1.29 is 8.42 Å². The third-order valence-electron chi connectivity index (χ3n) is 4.34. The lowest BCUT2D eigenvalue weighted by atomic mass is 9.76. The van der Waals surface area contributed by atoms with E-state index in [0.717, 1.165) is 36.8 Å². The molecule has 4 nitrogen and oxygen atoms in total. The molecule has 1 aromatic carbocycles. The predicted octanol–water partition coefficient (Wildman–Crippen LogP) is 2.33. The molecule has 20 heavy (non-hydrogen) atoms. The Balaban J connectivity index is 2.27. The van der Waals surface area contributed by atoms with Gasteiger partial charge in [0.2, 0.25) is 10.0 Å². The van der Waals surface area contributed by atoms with Gasteiger partial charge in [-0.15, -0.1) is 0 Å². The van der Waals surface area contributed by atoms with Crippen molar-refractivity contribution in [2.75, 3.05) is 7.05 Å². The van der Waals surface area contributed by atoms with Gasteiger partial charge in [-0.3, -0.25) is 0 Å². The van der Waals surface area contributed by atoms with Crippen LogP contribution < -0.4 is 10.0 Å². The van der Waals surface area contributed by atoms with Gasteiger partial charge in [0.05, 0.1) is 4.90 Å². The largest absolute Gasteiger partial charge is 0.316 e. The van der Waals surface area contributed by atoms with Crippen LogP contribution in [0.5, 0.6) is 0 Å². The van der Waals surface area contributed by atoms with E-state index >= 15 is 0 Å². The first-order valence-electron chi connectivity index (χ1n) is 7.20. The average molecular weight is 296 g/mol. The zero-order valence-electron chi connectivity index (χ0n) is 12.5. The predicted molar refractivity (Wildman–Crippen MR) is 81.1 cm³/mol. The average Bonchev–Trinajstić information content (AvgIpc) is 2.36. The molecule has 2 N–H and O–H groups in total. The summed E-state index contributed by atoms with van der Waals surface area (Å²) in [4.78, 5) is 0.369. The van der Waals surface area contributed by atoms with E-state index in [2.05, 4.69) is 10.0 Å². The fraction of sp³-hybridized carbons (Fsp3) is 0.600. The molecule has 0 bridgehead atoms. The van der Waals surface area contributed by atoms with Gasteiger partial charge in [-0.05, 0) is 62.9 Å². The molecule has 0 aliphatic heterocycles. The number of hydrogen-bond donors (Lipinski definition) is 2. The maximum atomic E-state index is 12.5. The highest BCUT2D eigenvalue weighted by atomic mass is 32.2. The van der Waals surface area contributed by atoms with Crippen LogP contribution in [0.4, 0.5) is 0 Å². The van der Waals surface area contributed by atoms with Crippen molar-refractivity contribution in [1.82, 2.24) is 10.0 Å². The van der Waals surface area contributed by atoms with Crippen LogP contribution >= 0.6 is 0 Å². The Labute approximate surface area is 122 Å². The summed E-state index contributed by atoms with van der Waals surface area (Å²) in [6, 6.07) is 5.34. The lowest BCUT2D eigenvalue weighted by Gasteiger charge is -2.41. The van der Waals surface area contributed by atoms with Crippen molar-refractivity contribution >= 4 is 10.0 Å². The Morgan fingerprint density at radius 2 is 2.00 bits per heavy atom. The van der Waals surface area contributed by atoms with E-state index in [1.165, 1.54) is 0 Å². The van der Waals surface area contributed by atoms with E-state index in [1.54, 1.807) is 12.1 Å². The molecule has 0 saturated heterocycles. The van der Waals surface area contributed by atoms with Gasteiger partial charge in [-0.25, -0.2) is 13.1 Å². The lowest BCUT2D eigenvalue weighted by Crippen LogP contribution is -2.52. The topological polar surface area (TPSA) is 58.2 Å². The number of hydrogen-bond acceptors (Lipinski definition) is 3. The summed E-state index contributed by atoms with van der Waals surface area (Å²) in [7, 11) is -1.57. The molecule has 1 saturated carbocycles. The molecule has 1 aromatic rings.